The van der Waals surface area contributed by atoms with Crippen molar-refractivity contribution >= 4 is 33.3 Å². The molecule has 0 unspecified atom stereocenters. The highest BCUT2D eigenvalue weighted by Gasteiger charge is 2.23. The van der Waals surface area contributed by atoms with Gasteiger partial charge in [0.2, 0.25) is 17.6 Å². The highest BCUT2D eigenvalue weighted by Crippen LogP contribution is 2.51. The Morgan fingerprint density at radius 3 is 1.84 bits per heavy atom. The molecule has 0 spiro atoms. The lowest BCUT2D eigenvalue weighted by atomic mass is 10.00. The molecule has 0 amide bonds. The molecule has 0 N–H and O–H groups in total. The fourth-order valence-electron chi connectivity index (χ4n) is 3.06. The minimum Gasteiger partial charge on any atom is -0.492 e. The van der Waals surface area contributed by atoms with Gasteiger partial charge in [-0.3, -0.25) is 0 Å². The van der Waals surface area contributed by atoms with E-state index in [1.54, 1.807) is 33.5 Å². The molecule has 6 heteroatoms. The average Bonchev–Trinajstić information content (AvgIpc) is 2.65. The number of methoxy groups -OCH3 is 4. The van der Waals surface area contributed by atoms with Crippen molar-refractivity contribution < 1.29 is 23.7 Å². The second kappa shape index (κ2) is 6.71. The van der Waals surface area contributed by atoms with Crippen LogP contribution in [0.1, 0.15) is 0 Å². The number of ether oxygens (including phenoxy) is 4. The van der Waals surface area contributed by atoms with Gasteiger partial charge >= 0.3 is 0 Å². The van der Waals surface area contributed by atoms with E-state index in [2.05, 4.69) is 4.99 Å². The zero-order valence-electron chi connectivity index (χ0n) is 14.4. The van der Waals surface area contributed by atoms with Crippen molar-refractivity contribution in [1.29, 1.82) is 0 Å². The zero-order valence-corrected chi connectivity index (χ0v) is 14.4. The van der Waals surface area contributed by atoms with Crippen molar-refractivity contribution in [2.75, 3.05) is 28.4 Å². The van der Waals surface area contributed by atoms with Crippen LogP contribution in [0.2, 0.25) is 0 Å². The summed E-state index contributed by atoms with van der Waals surface area (Å²) in [5, 5.41) is 3.26. The molecule has 0 saturated heterocycles. The third kappa shape index (κ3) is 2.53. The smallest absolute Gasteiger partial charge is 0.240 e. The van der Waals surface area contributed by atoms with Crippen molar-refractivity contribution in [2.24, 2.45) is 4.99 Å². The molecule has 3 aromatic carbocycles. The van der Waals surface area contributed by atoms with E-state index in [4.69, 9.17) is 18.9 Å². The quantitative estimate of drug-likeness (QED) is 0.399. The summed E-state index contributed by atoms with van der Waals surface area (Å²) in [6, 6.07) is 9.35. The molecule has 0 bridgehead atoms. The number of rotatable bonds is 5. The van der Waals surface area contributed by atoms with Gasteiger partial charge in [0, 0.05) is 16.2 Å². The molecule has 128 valence electrons. The maximum absolute atomic E-state index is 10.7. The van der Waals surface area contributed by atoms with Crippen LogP contribution in [0, 0.1) is 0 Å². The van der Waals surface area contributed by atoms with E-state index in [9.17, 15) is 4.79 Å². The molecule has 3 rings (SSSR count). The molecule has 0 aliphatic rings. The van der Waals surface area contributed by atoms with E-state index in [-0.39, 0.29) is 0 Å². The van der Waals surface area contributed by atoms with Crippen LogP contribution in [0.4, 0.5) is 5.69 Å². The number of hydrogen-bond donors (Lipinski definition) is 0. The Morgan fingerprint density at radius 1 is 0.760 bits per heavy atom. The molecule has 0 saturated carbocycles. The number of aliphatic imine (C=N–C) groups is 1. The van der Waals surface area contributed by atoms with Crippen LogP contribution in [0.15, 0.2) is 35.3 Å². The van der Waals surface area contributed by atoms with E-state index >= 15 is 0 Å². The van der Waals surface area contributed by atoms with Crippen molar-refractivity contribution in [1.82, 2.24) is 0 Å². The van der Waals surface area contributed by atoms with Gasteiger partial charge < -0.3 is 18.9 Å². The summed E-state index contributed by atoms with van der Waals surface area (Å²) in [5.41, 5.74) is 0.533. The van der Waals surface area contributed by atoms with Gasteiger partial charge in [0.15, 0.2) is 11.5 Å². The molecular formula is C19H17NO5. The van der Waals surface area contributed by atoms with Crippen LogP contribution >= 0.6 is 0 Å². The van der Waals surface area contributed by atoms with E-state index < -0.39 is 0 Å². The number of carbonyl (C=O) groups excluding carboxylic acids is 1. The summed E-state index contributed by atoms with van der Waals surface area (Å²) in [6.45, 7) is 0. The van der Waals surface area contributed by atoms with Gasteiger partial charge in [-0.15, -0.1) is 0 Å². The Morgan fingerprint density at radius 2 is 1.32 bits per heavy atom. The summed E-state index contributed by atoms with van der Waals surface area (Å²) in [4.78, 5) is 14.5. The van der Waals surface area contributed by atoms with Crippen LogP contribution in [0.3, 0.4) is 0 Å². The summed E-state index contributed by atoms with van der Waals surface area (Å²) >= 11 is 0. The number of benzene rings is 3. The molecule has 0 aliphatic carbocycles. The van der Waals surface area contributed by atoms with E-state index in [0.29, 0.717) is 28.7 Å². The largest absolute Gasteiger partial charge is 0.492 e. The number of fused-ring (bicyclic) bond motifs is 2. The molecule has 0 aromatic heterocycles. The monoisotopic (exact) mass is 339 g/mol. The maximum atomic E-state index is 10.7. The first-order valence-corrected chi connectivity index (χ1v) is 7.50. The number of hydrogen-bond acceptors (Lipinski definition) is 6. The fraction of sp³-hybridized carbons (Fsp3) is 0.211. The maximum Gasteiger partial charge on any atom is 0.240 e. The average molecular weight is 339 g/mol. The minimum atomic E-state index is 0.435. The third-order valence-electron chi connectivity index (χ3n) is 4.09. The van der Waals surface area contributed by atoms with Gasteiger partial charge in [-0.1, -0.05) is 12.1 Å². The molecule has 3 aromatic rings. The van der Waals surface area contributed by atoms with Crippen LogP contribution < -0.4 is 18.9 Å². The van der Waals surface area contributed by atoms with Gasteiger partial charge in [-0.25, -0.2) is 4.79 Å². The summed E-state index contributed by atoms with van der Waals surface area (Å²) in [5.74, 6) is 1.95. The Kier molecular flexibility index (Phi) is 4.46. The predicted molar refractivity (Wildman–Crippen MR) is 95.4 cm³/mol. The summed E-state index contributed by atoms with van der Waals surface area (Å²) < 4.78 is 22.1. The lowest BCUT2D eigenvalue weighted by Gasteiger charge is -2.19. The molecular weight excluding hydrogens is 322 g/mol. The highest BCUT2D eigenvalue weighted by atomic mass is 16.5. The highest BCUT2D eigenvalue weighted by molar-refractivity contribution is 6.09. The van der Waals surface area contributed by atoms with Crippen molar-refractivity contribution in [3.05, 3.63) is 30.3 Å². The Balaban J connectivity index is 2.56. The lowest BCUT2D eigenvalue weighted by Crippen LogP contribution is -1.99. The normalized spacial score (nSPS) is 10.4. The first-order valence-electron chi connectivity index (χ1n) is 7.50. The van der Waals surface area contributed by atoms with E-state index in [1.165, 1.54) is 7.11 Å². The second-order valence-electron chi connectivity index (χ2n) is 5.23. The molecule has 6 nitrogen and oxygen atoms in total. The molecule has 0 aliphatic heterocycles. The van der Waals surface area contributed by atoms with Gasteiger partial charge in [-0.05, 0) is 23.6 Å². The first-order chi connectivity index (χ1) is 12.2. The van der Waals surface area contributed by atoms with E-state index in [1.807, 2.05) is 24.3 Å². The van der Waals surface area contributed by atoms with Crippen LogP contribution in [-0.2, 0) is 4.79 Å². The summed E-state index contributed by atoms with van der Waals surface area (Å²) in [7, 11) is 6.21. The van der Waals surface area contributed by atoms with E-state index in [0.717, 1.165) is 21.5 Å². The van der Waals surface area contributed by atoms with Gasteiger partial charge in [-0.2, -0.15) is 4.99 Å². The topological polar surface area (TPSA) is 66.3 Å². The summed E-state index contributed by atoms with van der Waals surface area (Å²) in [6.07, 6.45) is 1.59. The van der Waals surface area contributed by atoms with Crippen molar-refractivity contribution in [3.8, 4) is 23.0 Å². The second-order valence-corrected chi connectivity index (χ2v) is 5.23. The number of isocyanates is 1. The Bertz CT molecular complexity index is 1010. The molecule has 25 heavy (non-hydrogen) atoms. The van der Waals surface area contributed by atoms with Crippen LogP contribution in [-0.4, -0.2) is 34.5 Å². The standard InChI is InChI=1S/C19H17NO5/c1-22-16-13-8-11-6-5-7-15(20-10-21)12(11)9-14(13)17(23-2)19(25-4)18(16)24-3/h5-9H,1-4H3. The molecule has 0 heterocycles. The molecule has 0 atom stereocenters. The van der Waals surface area contributed by atoms with Gasteiger partial charge in [0.05, 0.1) is 34.1 Å². The van der Waals surface area contributed by atoms with Crippen LogP contribution in [0.5, 0.6) is 23.0 Å². The Labute approximate surface area is 144 Å². The SMILES string of the molecule is COc1c(OC)c(OC)c2cc3c(N=C=O)cccc3cc2c1OC. The van der Waals surface area contributed by atoms with Gasteiger partial charge in [0.25, 0.3) is 0 Å². The lowest BCUT2D eigenvalue weighted by molar-refractivity contribution is 0.309. The van der Waals surface area contributed by atoms with Gasteiger partial charge in [0.1, 0.15) is 0 Å². The Hall–Kier alpha value is -3.24. The predicted octanol–water partition coefficient (Wildman–Crippen LogP) is 3.99. The third-order valence-corrected chi connectivity index (χ3v) is 4.09. The fourth-order valence-corrected chi connectivity index (χ4v) is 3.06. The van der Waals surface area contributed by atoms with Crippen molar-refractivity contribution in [3.63, 3.8) is 0 Å². The molecule has 0 radical (unpaired) electrons. The molecule has 0 fully saturated rings. The minimum absolute atomic E-state index is 0.435. The van der Waals surface area contributed by atoms with Crippen molar-refractivity contribution in [2.45, 2.75) is 0 Å². The number of nitrogens with zero attached hydrogens (tertiary/aromatic N) is 1. The van der Waals surface area contributed by atoms with Crippen LogP contribution in [0.25, 0.3) is 21.5 Å². The zero-order chi connectivity index (χ0) is 18.0. The first kappa shape index (κ1) is 16.6.